The number of carbonyl (C=O) groups is 8. The van der Waals surface area contributed by atoms with Crippen molar-refractivity contribution in [1.29, 1.82) is 0 Å². The Bertz CT molecular complexity index is 1020. The van der Waals surface area contributed by atoms with Gasteiger partial charge in [0.2, 0.25) is 0 Å². The van der Waals surface area contributed by atoms with Crippen LogP contribution >= 0.6 is 23.2 Å². The van der Waals surface area contributed by atoms with E-state index in [4.69, 9.17) is 28.3 Å². The highest BCUT2D eigenvalue weighted by Crippen LogP contribution is 2.02. The van der Waals surface area contributed by atoms with E-state index < -0.39 is 54.1 Å². The number of hydrogen-bond donors (Lipinski definition) is 1. The minimum atomic E-state index is -1.76. The van der Waals surface area contributed by atoms with Gasteiger partial charge < -0.3 is 38.3 Å². The number of rotatable bonds is 10. The van der Waals surface area contributed by atoms with Crippen molar-refractivity contribution in [3.8, 4) is 0 Å². The minimum Gasteiger partial charge on any atom is -0.447 e. The highest BCUT2D eigenvalue weighted by molar-refractivity contribution is 6.44. The van der Waals surface area contributed by atoms with Crippen LogP contribution in [0.2, 0.25) is 0 Å². The molecular formula is C28H46Cl2O24. The number of carbonyl (C=O) groups excluding carboxylic acids is 7. The topological polar surface area (TPSA) is 295 Å². The average Bonchev–Trinajstić information content (AvgIpc) is 3.05. The lowest BCUT2D eigenvalue weighted by Crippen LogP contribution is -2.18. The summed E-state index contributed by atoms with van der Waals surface area (Å²) in [4.78, 5) is 113. The zero-order valence-electron chi connectivity index (χ0n) is 31.0. The summed E-state index contributed by atoms with van der Waals surface area (Å²) in [5.74, 6) is 0.362. The zero-order valence-corrected chi connectivity index (χ0v) is 32.5. The summed E-state index contributed by atoms with van der Waals surface area (Å²) in [6.07, 6.45) is -10.2. The van der Waals surface area contributed by atoms with Crippen LogP contribution in [0.4, 0.5) is 38.4 Å². The van der Waals surface area contributed by atoms with E-state index >= 15 is 0 Å². The van der Waals surface area contributed by atoms with E-state index in [1.54, 1.807) is 41.5 Å². The zero-order chi connectivity index (χ0) is 42.6. The first kappa shape index (κ1) is 55.5. The standard InChI is InChI=1S/C10H18O6.C8H14O6.C6H10O6.C4H4Cl2O6/c1-7(2)5-13-9(11)15-16-10(12)14-6-8(3)4;1-5(2)11-7(9)13-14-8(10)12-6(3)4;1-3-9-5(7)11-12-6(8)10-4-2;5-2(6)1-10-4(9)12-11-3(7)8/h7-8H,5-6H2,1-4H3;5-6H,1-4H3;3-4H2,1-2H3;2H,1H2,(H,7,8). The third-order valence-electron chi connectivity index (χ3n) is 3.30. The van der Waals surface area contributed by atoms with Crippen LogP contribution in [0.15, 0.2) is 0 Å². The smallest absolute Gasteiger partial charge is 0.447 e. The van der Waals surface area contributed by atoms with Gasteiger partial charge in [0, 0.05) is 0 Å². The predicted octanol–water partition coefficient (Wildman–Crippen LogP) is 7.34. The van der Waals surface area contributed by atoms with Gasteiger partial charge in [-0.05, 0) is 53.4 Å². The second-order valence-electron chi connectivity index (χ2n) is 9.99. The Morgan fingerprint density at radius 1 is 0.426 bits per heavy atom. The Balaban J connectivity index is -0.000000311. The summed E-state index contributed by atoms with van der Waals surface area (Å²) in [5, 5.41) is 7.83. The second-order valence-corrected chi connectivity index (χ2v) is 11.3. The normalized spacial score (nSPS) is 9.50. The molecule has 26 heteroatoms. The third kappa shape index (κ3) is 51.1. The van der Waals surface area contributed by atoms with Crippen LogP contribution in [0.5, 0.6) is 0 Å². The maximum Gasteiger partial charge on any atom is 0.550 e. The van der Waals surface area contributed by atoms with Crippen LogP contribution in [0.25, 0.3) is 0 Å². The summed E-state index contributed by atoms with van der Waals surface area (Å²) in [6.45, 7) is 17.5. The van der Waals surface area contributed by atoms with Gasteiger partial charge in [-0.2, -0.15) is 67.8 Å². The van der Waals surface area contributed by atoms with Crippen LogP contribution in [0.3, 0.4) is 0 Å². The molecule has 0 aliphatic rings. The lowest BCUT2D eigenvalue weighted by Gasteiger charge is -2.08. The molecule has 316 valence electrons. The molecule has 0 fully saturated rings. The van der Waals surface area contributed by atoms with Crippen molar-refractivity contribution in [3.05, 3.63) is 0 Å². The van der Waals surface area contributed by atoms with E-state index in [0.29, 0.717) is 0 Å². The van der Waals surface area contributed by atoms with E-state index in [9.17, 15) is 38.4 Å². The Morgan fingerprint density at radius 2 is 0.685 bits per heavy atom. The van der Waals surface area contributed by atoms with Gasteiger partial charge in [0.25, 0.3) is 0 Å². The van der Waals surface area contributed by atoms with Gasteiger partial charge in [0.15, 0.2) is 0 Å². The minimum absolute atomic E-state index is 0.144. The maximum atomic E-state index is 10.8. The van der Waals surface area contributed by atoms with E-state index in [1.807, 2.05) is 27.7 Å². The molecule has 0 aromatic rings. The molecule has 0 atom stereocenters. The third-order valence-corrected chi connectivity index (χ3v) is 3.55. The lowest BCUT2D eigenvalue weighted by atomic mass is 10.2. The number of hydrogen-bond acceptors (Lipinski definition) is 23. The van der Waals surface area contributed by atoms with Gasteiger partial charge in [-0.15, -0.1) is 23.2 Å². The Kier molecular flexibility index (Phi) is 37.1. The molecule has 0 aliphatic carbocycles. The Labute approximate surface area is 319 Å². The molecule has 1 N–H and O–H groups in total. The van der Waals surface area contributed by atoms with Gasteiger partial charge in [0.1, 0.15) is 11.4 Å². The predicted molar refractivity (Wildman–Crippen MR) is 173 cm³/mol. The molecule has 0 spiro atoms. The van der Waals surface area contributed by atoms with Crippen molar-refractivity contribution in [1.82, 2.24) is 0 Å². The van der Waals surface area contributed by atoms with Gasteiger partial charge >= 0.3 is 49.2 Å². The molecule has 0 aromatic heterocycles. The second kappa shape index (κ2) is 36.1. The molecule has 0 aliphatic heterocycles. The summed E-state index contributed by atoms with van der Waals surface area (Å²) in [6, 6.07) is 0. The van der Waals surface area contributed by atoms with Gasteiger partial charge in [-0.3, -0.25) is 0 Å². The molecule has 0 saturated heterocycles. The van der Waals surface area contributed by atoms with Crippen LogP contribution in [-0.4, -0.2) is 104 Å². The quantitative estimate of drug-likeness (QED) is 0.0739. The van der Waals surface area contributed by atoms with Gasteiger partial charge in [0.05, 0.1) is 38.6 Å². The van der Waals surface area contributed by atoms with E-state index in [2.05, 4.69) is 72.3 Å². The van der Waals surface area contributed by atoms with Crippen molar-refractivity contribution >= 4 is 72.4 Å². The first-order valence-corrected chi connectivity index (χ1v) is 16.1. The Hall–Kier alpha value is -5.26. The van der Waals surface area contributed by atoms with Crippen LogP contribution in [0, 0.1) is 11.8 Å². The first-order chi connectivity index (χ1) is 25.0. The number of alkyl halides is 2. The molecule has 54 heavy (non-hydrogen) atoms. The van der Waals surface area contributed by atoms with Crippen molar-refractivity contribution in [2.75, 3.05) is 33.0 Å². The van der Waals surface area contributed by atoms with Gasteiger partial charge in [-0.1, -0.05) is 27.7 Å². The molecule has 0 rings (SSSR count). The Morgan fingerprint density at radius 3 is 0.926 bits per heavy atom. The number of ether oxygens (including phenoxy) is 7. The molecule has 0 amide bonds. The summed E-state index contributed by atoms with van der Waals surface area (Å²) < 4.78 is 30.9. The largest absolute Gasteiger partial charge is 0.550 e. The highest BCUT2D eigenvalue weighted by Gasteiger charge is 2.15. The summed E-state index contributed by atoms with van der Waals surface area (Å²) in [7, 11) is 0. The van der Waals surface area contributed by atoms with E-state index in [1.165, 1.54) is 0 Å². The van der Waals surface area contributed by atoms with E-state index in [-0.39, 0.29) is 57.1 Å². The number of halogens is 2. The van der Waals surface area contributed by atoms with Crippen molar-refractivity contribution in [2.45, 2.75) is 86.3 Å². The van der Waals surface area contributed by atoms with Gasteiger partial charge in [-0.25, -0.2) is 9.68 Å². The molecule has 0 radical (unpaired) electrons. The average molecular weight is 838 g/mol. The summed E-state index contributed by atoms with van der Waals surface area (Å²) in [5.41, 5.74) is 0. The highest BCUT2D eigenvalue weighted by atomic mass is 35.5. The monoisotopic (exact) mass is 836 g/mol. The molecule has 0 saturated carbocycles. The van der Waals surface area contributed by atoms with Crippen LogP contribution in [-0.2, 0) is 72.3 Å². The van der Waals surface area contributed by atoms with Crippen molar-refractivity contribution < 1.29 is 116 Å². The fourth-order valence-electron chi connectivity index (χ4n) is 1.65. The summed E-state index contributed by atoms with van der Waals surface area (Å²) >= 11 is 10.3. The van der Waals surface area contributed by atoms with E-state index in [0.717, 1.165) is 0 Å². The molecule has 0 bridgehead atoms. The van der Waals surface area contributed by atoms with Crippen LogP contribution < -0.4 is 0 Å². The molecule has 0 unspecified atom stereocenters. The van der Waals surface area contributed by atoms with Crippen molar-refractivity contribution in [2.24, 2.45) is 11.8 Å². The first-order valence-electron chi connectivity index (χ1n) is 15.2. The SMILES string of the molecule is CC(C)COC(=O)OOC(=O)OCC(C)C.CC(C)OC(=O)OOC(=O)OC(C)C.CCOC(=O)OOC(=O)OCC.O=C(O)OOC(=O)OCC(Cl)Cl. The molecule has 24 nitrogen and oxygen atoms in total. The number of carboxylic acid groups (broad SMARTS) is 1. The van der Waals surface area contributed by atoms with Crippen LogP contribution in [0.1, 0.15) is 69.2 Å². The molecule has 0 heterocycles. The fourth-order valence-corrected chi connectivity index (χ4v) is 1.78. The maximum absolute atomic E-state index is 10.8. The lowest BCUT2D eigenvalue weighted by molar-refractivity contribution is -0.222. The molecular weight excluding hydrogens is 791 g/mol. The fraction of sp³-hybridized carbons (Fsp3) is 0.714. The molecule has 0 aromatic carbocycles. The van der Waals surface area contributed by atoms with Crippen molar-refractivity contribution in [3.63, 3.8) is 0 Å².